The molecule has 4 fully saturated rings. The largest absolute Gasteiger partial charge is 0.453 e. The fourth-order valence-electron chi connectivity index (χ4n) is 9.07. The number of amides is 4. The summed E-state index contributed by atoms with van der Waals surface area (Å²) in [7, 11) is 4.54. The monoisotopic (exact) mass is 904 g/mol. The van der Waals surface area contributed by atoms with Crippen LogP contribution in [0.5, 0.6) is 0 Å². The van der Waals surface area contributed by atoms with Gasteiger partial charge in [0.2, 0.25) is 18.2 Å². The topological polar surface area (TPSA) is 193 Å². The number of methoxy groups -OCH3 is 2. The summed E-state index contributed by atoms with van der Waals surface area (Å²) in [5.41, 5.74) is 2.62. The first-order valence-electron chi connectivity index (χ1n) is 21.4. The fraction of sp³-hybridized carbons (Fsp3) is 0.511. The molecular weight excluding hydrogens is 851 g/mol. The molecule has 0 radical (unpaired) electrons. The van der Waals surface area contributed by atoms with Gasteiger partial charge in [-0.2, -0.15) is 0 Å². The Bertz CT molecular complexity index is 2310. The van der Waals surface area contributed by atoms with Crippen molar-refractivity contribution < 1.29 is 38.1 Å². The summed E-state index contributed by atoms with van der Waals surface area (Å²) < 4.78 is 20.1. The van der Waals surface area contributed by atoms with Gasteiger partial charge in [-0.15, -0.1) is 0 Å². The van der Waals surface area contributed by atoms with Gasteiger partial charge in [0.25, 0.3) is 0 Å². The number of carbonyl (C=O) groups is 4. The molecule has 336 valence electrons. The van der Waals surface area contributed by atoms with Crippen molar-refractivity contribution in [1.82, 2.24) is 40.4 Å². The van der Waals surface area contributed by atoms with Crippen molar-refractivity contribution in [1.29, 1.82) is 0 Å². The predicted octanol–water partition coefficient (Wildman–Crippen LogP) is 5.94. The number of aromatic nitrogens is 4. The molecule has 8 rings (SSSR count). The van der Waals surface area contributed by atoms with E-state index in [0.29, 0.717) is 113 Å². The quantitative estimate of drug-likeness (QED) is 0.109. The molecule has 4 aromatic rings. The molecule has 0 spiro atoms. The van der Waals surface area contributed by atoms with Crippen molar-refractivity contribution in [3.63, 3.8) is 0 Å². The summed E-state index contributed by atoms with van der Waals surface area (Å²) in [6.45, 7) is 3.30. The SMILES string of the molecule is COC.COC(=O)NC(C(=O)N1CCC[C@H]1c1nc(-c2ccc3cc(C#Cc4[nH]c([C@@H]5CCCN5C(=O)C(NC=O)C5CCOCC5)nc4Cl)ccc3c2)c(Cl)[nH]1)C1CCOCC1. The van der Waals surface area contributed by atoms with E-state index in [2.05, 4.69) is 42.2 Å². The van der Waals surface area contributed by atoms with E-state index in [1.807, 2.05) is 36.4 Å². The van der Waals surface area contributed by atoms with Crippen LogP contribution < -0.4 is 10.6 Å². The number of aromatic amines is 2. The zero-order valence-electron chi connectivity index (χ0n) is 35.7. The number of hydrogen-bond acceptors (Lipinski definition) is 10. The highest BCUT2D eigenvalue weighted by Gasteiger charge is 2.41. The summed E-state index contributed by atoms with van der Waals surface area (Å²) in [6, 6.07) is 9.87. The van der Waals surface area contributed by atoms with Crippen LogP contribution >= 0.6 is 23.2 Å². The van der Waals surface area contributed by atoms with E-state index in [1.54, 1.807) is 24.0 Å². The van der Waals surface area contributed by atoms with Crippen molar-refractivity contribution in [2.45, 2.75) is 75.5 Å². The van der Waals surface area contributed by atoms with Crippen molar-refractivity contribution in [2.75, 3.05) is 60.8 Å². The Hall–Kier alpha value is -5.18. The number of alkyl carbamates (subject to hydrolysis) is 1. The molecule has 4 saturated heterocycles. The number of fused-ring (bicyclic) bond motifs is 1. The number of H-pyrrole nitrogens is 2. The first kappa shape index (κ1) is 45.8. The average Bonchev–Trinajstić information content (AvgIpc) is 4.14. The number of halogens is 2. The molecule has 18 heteroatoms. The Morgan fingerprint density at radius 2 is 1.37 bits per heavy atom. The minimum Gasteiger partial charge on any atom is -0.453 e. The molecule has 16 nitrogen and oxygen atoms in total. The normalized spacial score (nSPS) is 20.3. The number of nitrogens with one attached hydrogen (secondary N) is 4. The zero-order valence-corrected chi connectivity index (χ0v) is 37.2. The minimum atomic E-state index is -0.732. The van der Waals surface area contributed by atoms with E-state index in [1.165, 1.54) is 7.11 Å². The molecule has 0 aliphatic carbocycles. The first-order chi connectivity index (χ1) is 30.6. The number of nitrogens with zero attached hydrogens (tertiary/aromatic N) is 4. The molecular formula is C45H54Cl2N8O8. The van der Waals surface area contributed by atoms with Gasteiger partial charge in [-0.3, -0.25) is 14.4 Å². The second-order valence-electron chi connectivity index (χ2n) is 16.2. The lowest BCUT2D eigenvalue weighted by molar-refractivity contribution is -0.138. The third kappa shape index (κ3) is 10.6. The number of rotatable bonds is 10. The summed E-state index contributed by atoms with van der Waals surface area (Å²) in [6.07, 6.45) is 5.72. The van der Waals surface area contributed by atoms with Gasteiger partial charge < -0.3 is 49.3 Å². The van der Waals surface area contributed by atoms with E-state index in [-0.39, 0.29) is 40.9 Å². The maximum absolute atomic E-state index is 14.0. The Kier molecular flexibility index (Phi) is 15.6. The molecule has 4 N–H and O–H groups in total. The molecule has 0 bridgehead atoms. The van der Waals surface area contributed by atoms with Crippen molar-refractivity contribution >= 4 is 58.3 Å². The molecule has 4 amide bonds. The Balaban J connectivity index is 0.00000193. The van der Waals surface area contributed by atoms with Gasteiger partial charge >= 0.3 is 6.09 Å². The smallest absolute Gasteiger partial charge is 0.407 e. The lowest BCUT2D eigenvalue weighted by Crippen LogP contribution is -2.53. The fourth-order valence-corrected chi connectivity index (χ4v) is 9.50. The van der Waals surface area contributed by atoms with E-state index < -0.39 is 18.2 Å². The highest BCUT2D eigenvalue weighted by atomic mass is 35.5. The second kappa shape index (κ2) is 21.5. The molecule has 4 atom stereocenters. The van der Waals surface area contributed by atoms with Crippen LogP contribution in [0.25, 0.3) is 22.0 Å². The van der Waals surface area contributed by atoms with Gasteiger partial charge in [-0.25, -0.2) is 14.8 Å². The molecule has 2 aromatic heterocycles. The number of ether oxygens (including phenoxy) is 4. The Morgan fingerprint density at radius 1 is 0.794 bits per heavy atom. The first-order valence-corrected chi connectivity index (χ1v) is 22.2. The number of hydrogen-bond donors (Lipinski definition) is 4. The van der Waals surface area contributed by atoms with Gasteiger partial charge in [0.05, 0.1) is 19.2 Å². The van der Waals surface area contributed by atoms with Gasteiger partial charge in [0.15, 0.2) is 5.15 Å². The lowest BCUT2D eigenvalue weighted by atomic mass is 9.90. The van der Waals surface area contributed by atoms with E-state index in [9.17, 15) is 19.2 Å². The number of carbonyl (C=O) groups excluding carboxylic acids is 4. The average molecular weight is 906 g/mol. The van der Waals surface area contributed by atoms with Crippen LogP contribution in [0.15, 0.2) is 36.4 Å². The van der Waals surface area contributed by atoms with Crippen molar-refractivity contribution in [2.24, 2.45) is 11.8 Å². The van der Waals surface area contributed by atoms with Crippen molar-refractivity contribution in [3.05, 3.63) is 69.6 Å². The van der Waals surface area contributed by atoms with Crippen LogP contribution in [0.2, 0.25) is 10.3 Å². The highest BCUT2D eigenvalue weighted by molar-refractivity contribution is 6.32. The Morgan fingerprint density at radius 3 is 1.98 bits per heavy atom. The Labute approximate surface area is 376 Å². The molecule has 4 aliphatic rings. The molecule has 2 aromatic carbocycles. The second-order valence-corrected chi connectivity index (χ2v) is 16.9. The van der Waals surface area contributed by atoms with Gasteiger partial charge in [0, 0.05) is 64.9 Å². The summed E-state index contributed by atoms with van der Waals surface area (Å²) in [4.78, 5) is 71.1. The molecule has 63 heavy (non-hydrogen) atoms. The van der Waals surface area contributed by atoms with Crippen LogP contribution in [-0.2, 0) is 33.3 Å². The molecule has 6 heterocycles. The molecule has 2 unspecified atom stereocenters. The summed E-state index contributed by atoms with van der Waals surface area (Å²) in [5, 5.41) is 8.08. The van der Waals surface area contributed by atoms with E-state index >= 15 is 0 Å². The lowest BCUT2D eigenvalue weighted by Gasteiger charge is -2.34. The predicted molar refractivity (Wildman–Crippen MR) is 236 cm³/mol. The van der Waals surface area contributed by atoms with Crippen LogP contribution in [-0.4, -0.2) is 127 Å². The number of likely N-dealkylation sites (tertiary alicyclic amines) is 2. The minimum absolute atomic E-state index is 0.0104. The standard InChI is InChI=1S/C43H48Cl2N8O7.C2H6O/c1-58-43(57)49-36(27-14-20-60-21-15-27)42(56)53-17-3-5-33(53)40-48-34(38(45)51-40)30-10-9-28-22-25(6-8-29(28)23-30)7-11-31-37(44)50-39(47-31)32-4-2-16-52(32)41(55)35(46-24-54)26-12-18-59-19-13-26;1-3-2/h6,8-10,22-24,26-27,32-33,35-36H,2-5,12-21H2,1H3,(H,46,54)(H,47,50)(H,48,51)(H,49,57);1-2H3/t32-,33-,35?,36?;/m0./s1. The number of imidazole rings is 2. The summed E-state index contributed by atoms with van der Waals surface area (Å²) in [5.74, 6) is 7.15. The van der Waals surface area contributed by atoms with Crippen LogP contribution in [0, 0.1) is 23.7 Å². The van der Waals surface area contributed by atoms with Gasteiger partial charge in [0.1, 0.15) is 40.3 Å². The van der Waals surface area contributed by atoms with Gasteiger partial charge in [-0.1, -0.05) is 47.3 Å². The van der Waals surface area contributed by atoms with E-state index in [0.717, 1.165) is 34.7 Å². The molecule has 0 saturated carbocycles. The highest BCUT2D eigenvalue weighted by Crippen LogP contribution is 2.37. The zero-order chi connectivity index (χ0) is 44.5. The van der Waals surface area contributed by atoms with Crippen LogP contribution in [0.3, 0.4) is 0 Å². The third-order valence-corrected chi connectivity index (χ3v) is 12.8. The van der Waals surface area contributed by atoms with Crippen LogP contribution in [0.1, 0.15) is 86.4 Å². The summed E-state index contributed by atoms with van der Waals surface area (Å²) >= 11 is 13.4. The third-order valence-electron chi connectivity index (χ3n) is 12.2. The number of benzene rings is 2. The van der Waals surface area contributed by atoms with Crippen molar-refractivity contribution in [3.8, 4) is 23.1 Å². The maximum Gasteiger partial charge on any atom is 0.407 e. The van der Waals surface area contributed by atoms with Gasteiger partial charge in [-0.05, 0) is 98.1 Å². The van der Waals surface area contributed by atoms with E-state index in [4.69, 9.17) is 42.4 Å². The molecule has 4 aliphatic heterocycles. The van der Waals surface area contributed by atoms with Crippen LogP contribution in [0.4, 0.5) is 4.79 Å². The maximum atomic E-state index is 14.0.